The first kappa shape index (κ1) is 16.6. The van der Waals surface area contributed by atoms with Crippen LogP contribution in [-0.2, 0) is 11.3 Å². The Balaban J connectivity index is 1.59. The molecule has 2 heterocycles. The van der Waals surface area contributed by atoms with Gasteiger partial charge in [0.1, 0.15) is 5.82 Å². The molecule has 2 aromatic rings. The van der Waals surface area contributed by atoms with Gasteiger partial charge in [-0.2, -0.15) is 0 Å². The standard InChI is InChI=1S/C19H22FN3O/c20-16-8-2-1-7-15(16)13-22-19(24)14-23-12-6-4-10-18(23)17-9-3-5-11-21-17/h1-3,5,7-9,11,18H,4,6,10,12-14H2,(H,22,24)/t18-/m1/s1. The third-order valence-electron chi connectivity index (χ3n) is 4.42. The lowest BCUT2D eigenvalue weighted by Crippen LogP contribution is -2.41. The molecule has 0 spiro atoms. The summed E-state index contributed by atoms with van der Waals surface area (Å²) in [6.45, 7) is 1.41. The zero-order chi connectivity index (χ0) is 16.8. The number of halogens is 1. The van der Waals surface area contributed by atoms with Crippen LogP contribution in [0.1, 0.15) is 36.6 Å². The molecule has 1 aromatic heterocycles. The fourth-order valence-corrected chi connectivity index (χ4v) is 3.16. The summed E-state index contributed by atoms with van der Waals surface area (Å²) in [6.07, 6.45) is 5.04. The molecular formula is C19H22FN3O. The number of nitrogens with zero attached hydrogens (tertiary/aromatic N) is 2. The summed E-state index contributed by atoms with van der Waals surface area (Å²) in [6, 6.07) is 12.6. The maximum atomic E-state index is 13.6. The van der Waals surface area contributed by atoms with Crippen LogP contribution >= 0.6 is 0 Å². The van der Waals surface area contributed by atoms with Gasteiger partial charge in [0.05, 0.1) is 18.3 Å². The molecular weight excluding hydrogens is 305 g/mol. The van der Waals surface area contributed by atoms with E-state index in [1.165, 1.54) is 6.07 Å². The summed E-state index contributed by atoms with van der Waals surface area (Å²) in [5, 5.41) is 2.82. The van der Waals surface area contributed by atoms with Crippen molar-refractivity contribution < 1.29 is 9.18 Å². The lowest BCUT2D eigenvalue weighted by molar-refractivity contribution is -0.123. The number of carbonyl (C=O) groups excluding carboxylic acids is 1. The number of piperidine rings is 1. The van der Waals surface area contributed by atoms with E-state index in [0.29, 0.717) is 12.1 Å². The van der Waals surface area contributed by atoms with Crippen LogP contribution in [0.5, 0.6) is 0 Å². The highest BCUT2D eigenvalue weighted by atomic mass is 19.1. The number of amides is 1. The predicted octanol–water partition coefficient (Wildman–Crippen LogP) is 3.06. The molecule has 0 unspecified atom stereocenters. The lowest BCUT2D eigenvalue weighted by Gasteiger charge is -2.34. The Hall–Kier alpha value is -2.27. The van der Waals surface area contributed by atoms with E-state index in [-0.39, 0.29) is 24.3 Å². The van der Waals surface area contributed by atoms with E-state index >= 15 is 0 Å². The quantitative estimate of drug-likeness (QED) is 0.918. The van der Waals surface area contributed by atoms with Gasteiger partial charge in [-0.3, -0.25) is 14.7 Å². The minimum atomic E-state index is -0.290. The van der Waals surface area contributed by atoms with Crippen molar-refractivity contribution in [2.45, 2.75) is 31.8 Å². The summed E-state index contributed by atoms with van der Waals surface area (Å²) in [4.78, 5) is 18.9. The van der Waals surface area contributed by atoms with Crippen LogP contribution in [0.3, 0.4) is 0 Å². The Morgan fingerprint density at radius 2 is 2.04 bits per heavy atom. The third-order valence-corrected chi connectivity index (χ3v) is 4.42. The number of likely N-dealkylation sites (tertiary alicyclic amines) is 1. The first-order valence-corrected chi connectivity index (χ1v) is 8.39. The number of rotatable bonds is 5. The van der Waals surface area contributed by atoms with Crippen LogP contribution in [0.2, 0.25) is 0 Å². The zero-order valence-corrected chi connectivity index (χ0v) is 13.6. The van der Waals surface area contributed by atoms with Crippen LogP contribution in [0.25, 0.3) is 0 Å². The smallest absolute Gasteiger partial charge is 0.234 e. The van der Waals surface area contributed by atoms with Crippen molar-refractivity contribution >= 4 is 5.91 Å². The Kier molecular flexibility index (Phi) is 5.54. The van der Waals surface area contributed by atoms with Crippen molar-refractivity contribution in [3.8, 4) is 0 Å². The van der Waals surface area contributed by atoms with Gasteiger partial charge in [0, 0.05) is 18.3 Å². The molecule has 1 saturated heterocycles. The van der Waals surface area contributed by atoms with Gasteiger partial charge >= 0.3 is 0 Å². The first-order chi connectivity index (χ1) is 11.7. The molecule has 0 saturated carbocycles. The molecule has 1 aromatic carbocycles. The molecule has 1 amide bonds. The summed E-state index contributed by atoms with van der Waals surface area (Å²) >= 11 is 0. The van der Waals surface area contributed by atoms with Gasteiger partial charge in [0.25, 0.3) is 0 Å². The minimum absolute atomic E-state index is 0.0823. The summed E-state index contributed by atoms with van der Waals surface area (Å²) in [5.74, 6) is -0.372. The Morgan fingerprint density at radius 3 is 2.83 bits per heavy atom. The van der Waals surface area contributed by atoms with Gasteiger partial charge in [0.2, 0.25) is 5.91 Å². The molecule has 1 fully saturated rings. The van der Waals surface area contributed by atoms with E-state index in [1.54, 1.807) is 24.4 Å². The third kappa shape index (κ3) is 4.17. The van der Waals surface area contributed by atoms with Crippen molar-refractivity contribution in [3.05, 3.63) is 65.7 Å². The second-order valence-corrected chi connectivity index (χ2v) is 6.10. The molecule has 5 heteroatoms. The molecule has 24 heavy (non-hydrogen) atoms. The van der Waals surface area contributed by atoms with Gasteiger partial charge in [-0.1, -0.05) is 30.7 Å². The highest BCUT2D eigenvalue weighted by molar-refractivity contribution is 5.78. The van der Waals surface area contributed by atoms with Crippen molar-refractivity contribution in [2.75, 3.05) is 13.1 Å². The van der Waals surface area contributed by atoms with Crippen molar-refractivity contribution in [2.24, 2.45) is 0 Å². The van der Waals surface area contributed by atoms with Crippen LogP contribution in [-0.4, -0.2) is 28.9 Å². The van der Waals surface area contributed by atoms with E-state index in [9.17, 15) is 9.18 Å². The highest BCUT2D eigenvalue weighted by Gasteiger charge is 2.26. The molecule has 1 N–H and O–H groups in total. The van der Waals surface area contributed by atoms with Crippen LogP contribution < -0.4 is 5.32 Å². The monoisotopic (exact) mass is 327 g/mol. The average molecular weight is 327 g/mol. The Bertz CT molecular complexity index is 677. The van der Waals surface area contributed by atoms with Gasteiger partial charge in [-0.25, -0.2) is 4.39 Å². The second-order valence-electron chi connectivity index (χ2n) is 6.10. The number of benzene rings is 1. The van der Waals surface area contributed by atoms with Crippen molar-refractivity contribution in [1.29, 1.82) is 0 Å². The molecule has 3 rings (SSSR count). The summed E-state index contributed by atoms with van der Waals surface area (Å²) in [5.41, 5.74) is 1.52. The SMILES string of the molecule is O=C(CN1CCCC[C@@H]1c1ccccn1)NCc1ccccc1F. The normalized spacial score (nSPS) is 18.3. The minimum Gasteiger partial charge on any atom is -0.351 e. The number of hydrogen-bond donors (Lipinski definition) is 1. The largest absolute Gasteiger partial charge is 0.351 e. The Labute approximate surface area is 141 Å². The summed E-state index contributed by atoms with van der Waals surface area (Å²) < 4.78 is 13.6. The van der Waals surface area contributed by atoms with Crippen LogP contribution in [0.15, 0.2) is 48.7 Å². The van der Waals surface area contributed by atoms with E-state index < -0.39 is 0 Å². The molecule has 1 aliphatic heterocycles. The van der Waals surface area contributed by atoms with Gasteiger partial charge < -0.3 is 5.32 Å². The lowest BCUT2D eigenvalue weighted by atomic mass is 9.99. The fourth-order valence-electron chi connectivity index (χ4n) is 3.16. The fraction of sp³-hybridized carbons (Fsp3) is 0.368. The van der Waals surface area contributed by atoms with Crippen LogP contribution in [0, 0.1) is 5.82 Å². The van der Waals surface area contributed by atoms with Gasteiger partial charge in [-0.15, -0.1) is 0 Å². The number of aromatic nitrogens is 1. The molecule has 126 valence electrons. The highest BCUT2D eigenvalue weighted by Crippen LogP contribution is 2.29. The number of pyridine rings is 1. The average Bonchev–Trinajstić information content (AvgIpc) is 2.62. The molecule has 1 aliphatic rings. The van der Waals surface area contributed by atoms with Crippen LogP contribution in [0.4, 0.5) is 4.39 Å². The second kappa shape index (κ2) is 8.02. The number of carbonyl (C=O) groups is 1. The van der Waals surface area contributed by atoms with Gasteiger partial charge in [-0.05, 0) is 37.6 Å². The predicted molar refractivity (Wildman–Crippen MR) is 90.6 cm³/mol. The molecule has 0 aliphatic carbocycles. The van der Waals surface area contributed by atoms with Gasteiger partial charge in [0.15, 0.2) is 0 Å². The van der Waals surface area contributed by atoms with Crippen molar-refractivity contribution in [1.82, 2.24) is 15.2 Å². The molecule has 4 nitrogen and oxygen atoms in total. The van der Waals surface area contributed by atoms with E-state index in [2.05, 4.69) is 15.2 Å². The van der Waals surface area contributed by atoms with Crippen molar-refractivity contribution in [3.63, 3.8) is 0 Å². The van der Waals surface area contributed by atoms with E-state index in [4.69, 9.17) is 0 Å². The number of nitrogens with one attached hydrogen (secondary N) is 1. The first-order valence-electron chi connectivity index (χ1n) is 8.39. The number of hydrogen-bond acceptors (Lipinski definition) is 3. The van der Waals surface area contributed by atoms with E-state index in [0.717, 1.165) is 31.5 Å². The maximum Gasteiger partial charge on any atom is 0.234 e. The zero-order valence-electron chi connectivity index (χ0n) is 13.6. The molecule has 0 radical (unpaired) electrons. The topological polar surface area (TPSA) is 45.2 Å². The molecule has 0 bridgehead atoms. The molecule has 1 atom stereocenters. The Morgan fingerprint density at radius 1 is 1.21 bits per heavy atom. The summed E-state index contributed by atoms with van der Waals surface area (Å²) in [7, 11) is 0. The van der Waals surface area contributed by atoms with E-state index in [1.807, 2.05) is 18.2 Å². The maximum absolute atomic E-state index is 13.6.